The van der Waals surface area contributed by atoms with Crippen molar-refractivity contribution in [1.29, 1.82) is 0 Å². The predicted molar refractivity (Wildman–Crippen MR) is 182 cm³/mol. The molecule has 0 aliphatic carbocycles. The Balaban J connectivity index is 1.48. The van der Waals surface area contributed by atoms with E-state index in [1.807, 2.05) is 0 Å². The average Bonchev–Trinajstić information content (AvgIpc) is 3.72. The molecule has 1 unspecified atom stereocenters. The van der Waals surface area contributed by atoms with Crippen LogP contribution < -0.4 is 25.3 Å². The first-order valence-electron chi connectivity index (χ1n) is 16.8. The summed E-state index contributed by atoms with van der Waals surface area (Å²) in [5.74, 6) is 1.49. The molecule has 3 saturated heterocycles. The summed E-state index contributed by atoms with van der Waals surface area (Å²) in [4.78, 5) is 20.0. The van der Waals surface area contributed by atoms with Gasteiger partial charge in [-0.1, -0.05) is 40.7 Å². The van der Waals surface area contributed by atoms with Gasteiger partial charge in [-0.2, -0.15) is 5.10 Å². The van der Waals surface area contributed by atoms with Crippen LogP contribution in [0, 0.1) is 23.1 Å². The Hall–Kier alpha value is -2.60. The molecule has 0 aromatic carbocycles. The highest BCUT2D eigenvalue weighted by molar-refractivity contribution is 7.95. The Labute approximate surface area is 271 Å². The van der Waals surface area contributed by atoms with E-state index in [1.54, 1.807) is 12.4 Å². The highest BCUT2D eigenvalue weighted by atomic mass is 32.2. The van der Waals surface area contributed by atoms with E-state index < -0.39 is 0 Å². The highest BCUT2D eigenvalue weighted by Crippen LogP contribution is 2.42. The Morgan fingerprint density at radius 3 is 2.58 bits per heavy atom. The van der Waals surface area contributed by atoms with Crippen LogP contribution in [-0.4, -0.2) is 68.3 Å². The van der Waals surface area contributed by atoms with Crippen LogP contribution in [0.15, 0.2) is 12.4 Å². The van der Waals surface area contributed by atoms with Crippen molar-refractivity contribution in [3.63, 3.8) is 0 Å². The molecule has 244 valence electrons. The zero-order chi connectivity index (χ0) is 31.8. The van der Waals surface area contributed by atoms with Crippen molar-refractivity contribution in [3.8, 4) is 0 Å². The number of nitrogens with two attached hydrogens (primary N) is 1. The van der Waals surface area contributed by atoms with Crippen LogP contribution in [0.1, 0.15) is 91.1 Å². The van der Waals surface area contributed by atoms with Gasteiger partial charge in [0.1, 0.15) is 22.9 Å². The second-order valence-electron chi connectivity index (χ2n) is 14.5. The number of halogens is 1. The van der Waals surface area contributed by atoms with Crippen molar-refractivity contribution in [1.82, 2.24) is 34.8 Å². The molecule has 6 heterocycles. The van der Waals surface area contributed by atoms with Crippen LogP contribution in [0.5, 0.6) is 0 Å². The lowest BCUT2D eigenvalue weighted by atomic mass is 9.82. The van der Waals surface area contributed by atoms with E-state index in [0.717, 1.165) is 85.2 Å². The Morgan fingerprint density at radius 1 is 1.11 bits per heavy atom. The van der Waals surface area contributed by atoms with E-state index in [9.17, 15) is 0 Å². The molecule has 11 heteroatoms. The van der Waals surface area contributed by atoms with Crippen LogP contribution in [0.4, 0.5) is 10.2 Å². The number of hydrogen-bond acceptors (Lipinski definition) is 9. The van der Waals surface area contributed by atoms with Crippen molar-refractivity contribution >= 4 is 40.5 Å². The molecule has 3 aromatic rings. The van der Waals surface area contributed by atoms with E-state index in [0.29, 0.717) is 22.5 Å². The standard InChI is InChI=1S/C34H50FN9S/c1-22(2)17-26-24(19-38-42-26)28(23(3)4)31-29(35)30-25(18-37-31)32(43-14-6-10-33(5,21-43)20-39-45-36)41-27(40-30)9-13-34-11-7-15-44(34)16-8-12-34/h17-19,22-23,39,42H,6-16,20-21,36H2,1-5H3/b26-17+,28-24+. The summed E-state index contributed by atoms with van der Waals surface area (Å²) < 4.78 is 20.3. The highest BCUT2D eigenvalue weighted by Gasteiger charge is 2.43. The van der Waals surface area contributed by atoms with Crippen molar-refractivity contribution in [3.05, 3.63) is 40.3 Å². The molecule has 1 atom stereocenters. The normalized spacial score (nSPS) is 23.1. The molecule has 0 spiro atoms. The van der Waals surface area contributed by atoms with Gasteiger partial charge >= 0.3 is 0 Å². The monoisotopic (exact) mass is 635 g/mol. The molecular weight excluding hydrogens is 586 g/mol. The SMILES string of the molecule is CC(C)/C=c1/[nH]nc/c1=C(\c1ncc2c(N3CCCC(C)(CNSN)C3)nc(CCC34CCCN3CCC4)nc2c1F)C(C)C. The molecule has 0 radical (unpaired) electrons. The number of H-pyrrole nitrogens is 1. The van der Waals surface area contributed by atoms with Crippen LogP contribution >= 0.6 is 12.1 Å². The van der Waals surface area contributed by atoms with Gasteiger partial charge in [0, 0.05) is 55.1 Å². The molecule has 0 saturated carbocycles. The summed E-state index contributed by atoms with van der Waals surface area (Å²) in [6.45, 7) is 15.5. The van der Waals surface area contributed by atoms with Gasteiger partial charge < -0.3 is 4.90 Å². The first kappa shape index (κ1) is 32.3. The fourth-order valence-electron chi connectivity index (χ4n) is 8.15. The zero-order valence-corrected chi connectivity index (χ0v) is 28.4. The number of aromatic amines is 1. The number of nitrogens with zero attached hydrogens (tertiary/aromatic N) is 6. The molecule has 3 fully saturated rings. The van der Waals surface area contributed by atoms with E-state index in [1.165, 1.54) is 38.8 Å². The number of fused-ring (bicyclic) bond motifs is 2. The molecule has 3 aromatic heterocycles. The second kappa shape index (κ2) is 13.3. The minimum atomic E-state index is -0.375. The molecule has 45 heavy (non-hydrogen) atoms. The summed E-state index contributed by atoms with van der Waals surface area (Å²) in [7, 11) is 0. The van der Waals surface area contributed by atoms with E-state index in [2.05, 4.69) is 65.4 Å². The van der Waals surface area contributed by atoms with Gasteiger partial charge in [0.2, 0.25) is 0 Å². The molecule has 4 N–H and O–H groups in total. The summed E-state index contributed by atoms with van der Waals surface area (Å²) >= 11 is 1.16. The maximum absolute atomic E-state index is 17.0. The minimum Gasteiger partial charge on any atom is -0.355 e. The average molecular weight is 636 g/mol. The Morgan fingerprint density at radius 2 is 1.87 bits per heavy atom. The molecule has 0 amide bonds. The maximum Gasteiger partial charge on any atom is 0.175 e. The lowest BCUT2D eigenvalue weighted by molar-refractivity contribution is 0.181. The van der Waals surface area contributed by atoms with Gasteiger partial charge in [-0.15, -0.1) is 0 Å². The summed E-state index contributed by atoms with van der Waals surface area (Å²) in [5.41, 5.74) is 1.81. The second-order valence-corrected chi connectivity index (χ2v) is 15.0. The first-order chi connectivity index (χ1) is 21.6. The van der Waals surface area contributed by atoms with E-state index >= 15 is 4.39 Å². The quantitative estimate of drug-likeness (QED) is 0.278. The van der Waals surface area contributed by atoms with Crippen LogP contribution in [0.3, 0.4) is 0 Å². The predicted octanol–water partition coefficient (Wildman–Crippen LogP) is 4.46. The number of hydrogen-bond donors (Lipinski definition) is 3. The number of aryl methyl sites for hydroxylation is 1. The van der Waals surface area contributed by atoms with Gasteiger partial charge in [0.05, 0.1) is 16.9 Å². The van der Waals surface area contributed by atoms with Crippen molar-refractivity contribution in [2.45, 2.75) is 91.5 Å². The Bertz CT molecular complexity index is 1630. The number of nitrogens with one attached hydrogen (secondary N) is 2. The lowest BCUT2D eigenvalue weighted by Crippen LogP contribution is -2.46. The number of aromatic nitrogens is 5. The van der Waals surface area contributed by atoms with Crippen molar-refractivity contribution < 1.29 is 4.39 Å². The van der Waals surface area contributed by atoms with Gasteiger partial charge in [-0.05, 0) is 80.9 Å². The van der Waals surface area contributed by atoms with Gasteiger partial charge in [0.15, 0.2) is 5.82 Å². The fraction of sp³-hybridized carbons (Fsp3) is 0.647. The minimum absolute atomic E-state index is 0.0182. The third kappa shape index (κ3) is 6.50. The lowest BCUT2D eigenvalue weighted by Gasteiger charge is -2.41. The van der Waals surface area contributed by atoms with Crippen LogP contribution in [0.2, 0.25) is 0 Å². The van der Waals surface area contributed by atoms with Gasteiger partial charge in [-0.25, -0.2) is 14.4 Å². The third-order valence-electron chi connectivity index (χ3n) is 10.3. The molecular formula is C34H50FN9S. The third-order valence-corrected chi connectivity index (χ3v) is 10.6. The van der Waals surface area contributed by atoms with E-state index in [4.69, 9.17) is 20.1 Å². The van der Waals surface area contributed by atoms with Crippen molar-refractivity contribution in [2.24, 2.45) is 22.4 Å². The number of pyridine rings is 1. The summed E-state index contributed by atoms with van der Waals surface area (Å²) in [6, 6.07) is 0. The van der Waals surface area contributed by atoms with Gasteiger partial charge in [0.25, 0.3) is 0 Å². The smallest absolute Gasteiger partial charge is 0.175 e. The summed E-state index contributed by atoms with van der Waals surface area (Å²) in [6.07, 6.45) is 14.6. The number of anilines is 1. The fourth-order valence-corrected chi connectivity index (χ4v) is 8.58. The number of rotatable bonds is 10. The largest absolute Gasteiger partial charge is 0.355 e. The van der Waals surface area contributed by atoms with Crippen LogP contribution in [-0.2, 0) is 6.42 Å². The topological polar surface area (TPSA) is 112 Å². The maximum atomic E-state index is 17.0. The molecule has 9 nitrogen and oxygen atoms in total. The van der Waals surface area contributed by atoms with Crippen molar-refractivity contribution in [2.75, 3.05) is 37.6 Å². The van der Waals surface area contributed by atoms with Gasteiger partial charge in [-0.3, -0.25) is 24.8 Å². The molecule has 3 aliphatic rings. The molecule has 3 aliphatic heterocycles. The Kier molecular flexibility index (Phi) is 9.53. The number of piperidine rings is 1. The zero-order valence-electron chi connectivity index (χ0n) is 27.6. The molecule has 6 rings (SSSR count). The molecule has 0 bridgehead atoms. The summed E-state index contributed by atoms with van der Waals surface area (Å²) in [5, 5.41) is 15.6. The van der Waals surface area contributed by atoms with E-state index in [-0.39, 0.29) is 22.7 Å². The first-order valence-corrected chi connectivity index (χ1v) is 17.7. The van der Waals surface area contributed by atoms with Crippen LogP contribution in [0.25, 0.3) is 22.6 Å².